The molecular formula is C43H28N2O2. The molecule has 0 radical (unpaired) electrons. The van der Waals surface area contributed by atoms with Crippen LogP contribution in [-0.4, -0.2) is 9.97 Å². The number of aromatic nitrogens is 2. The van der Waals surface area contributed by atoms with Gasteiger partial charge in [-0.1, -0.05) is 110 Å². The molecular weight excluding hydrogens is 576 g/mol. The van der Waals surface area contributed by atoms with E-state index in [0.717, 1.165) is 6.33 Å². The second kappa shape index (κ2) is 9.51. The Labute approximate surface area is 304 Å². The summed E-state index contributed by atoms with van der Waals surface area (Å²) in [7, 11) is 0. The van der Waals surface area contributed by atoms with E-state index in [1.54, 1.807) is 0 Å². The summed E-state index contributed by atoms with van der Waals surface area (Å²) >= 11 is 0. The Morgan fingerprint density at radius 1 is 0.574 bits per heavy atom. The highest BCUT2D eigenvalue weighted by atomic mass is 16.3. The van der Waals surface area contributed by atoms with Crippen LogP contribution in [0.2, 0.25) is 0 Å². The van der Waals surface area contributed by atoms with Gasteiger partial charge in [-0.25, -0.2) is 9.97 Å². The molecule has 4 heteroatoms. The third-order valence-corrected chi connectivity index (χ3v) is 8.09. The van der Waals surface area contributed by atoms with Crippen LogP contribution < -0.4 is 0 Å². The van der Waals surface area contributed by atoms with Crippen molar-refractivity contribution in [1.82, 2.24) is 9.97 Å². The fourth-order valence-corrected chi connectivity index (χ4v) is 5.93. The molecule has 47 heavy (non-hydrogen) atoms. The first-order valence-corrected chi connectivity index (χ1v) is 14.0. The molecule has 9 aromatic rings. The number of benzene rings is 6. The summed E-state index contributed by atoms with van der Waals surface area (Å²) in [5.74, 6) is 0. The third-order valence-electron chi connectivity index (χ3n) is 8.09. The SMILES string of the molecule is [2H]c1c([2H])c(-c2ncnc3c2oc2ccc(-c4c([2H])c([2H])c5c(c4[2H])C(C([2H])([2H])[2H])(C([2H])([2H])[2H])c4c([2H])c([2H])c([2H])c([2H])c4-5)cc23)c([2H])c(-c2c([2H])c([2H])c([2H])c3c2oc2c([2H])c([2H])c([2H])c([2H])c23)c1[2H]. The van der Waals surface area contributed by atoms with Crippen molar-refractivity contribution in [2.75, 3.05) is 0 Å². The lowest BCUT2D eigenvalue weighted by Crippen LogP contribution is -2.14. The molecule has 0 bridgehead atoms. The molecule has 222 valence electrons. The molecule has 6 aromatic carbocycles. The van der Waals surface area contributed by atoms with Gasteiger partial charge in [0.25, 0.3) is 0 Å². The minimum Gasteiger partial charge on any atom is -0.455 e. The molecule has 1 aliphatic rings. The van der Waals surface area contributed by atoms with Gasteiger partial charge in [0.2, 0.25) is 0 Å². The summed E-state index contributed by atoms with van der Waals surface area (Å²) in [4.78, 5) is 8.64. The van der Waals surface area contributed by atoms with Crippen molar-refractivity contribution in [3.8, 4) is 44.6 Å². The first-order valence-electron chi connectivity index (χ1n) is 26.0. The predicted octanol–water partition coefficient (Wildman–Crippen LogP) is 11.6. The van der Waals surface area contributed by atoms with Gasteiger partial charge in [0.15, 0.2) is 5.58 Å². The van der Waals surface area contributed by atoms with Crippen LogP contribution in [0.1, 0.15) is 57.7 Å². The molecule has 1 aliphatic carbocycles. The molecule has 0 amide bonds. The zero-order chi connectivity index (χ0) is 51.9. The molecule has 0 aliphatic heterocycles. The highest BCUT2D eigenvalue weighted by molar-refractivity contribution is 6.10. The van der Waals surface area contributed by atoms with E-state index in [0.29, 0.717) is 0 Å². The van der Waals surface area contributed by atoms with Crippen molar-refractivity contribution >= 4 is 44.0 Å². The maximum Gasteiger partial charge on any atom is 0.180 e. The number of hydrogen-bond donors (Lipinski definition) is 0. The fraction of sp³-hybridized carbons (Fsp3) is 0.0698. The number of fused-ring (bicyclic) bond motifs is 9. The molecule has 3 aromatic heterocycles. The second-order valence-corrected chi connectivity index (χ2v) is 10.7. The van der Waals surface area contributed by atoms with E-state index in [4.69, 9.17) is 36.2 Å². The molecule has 4 nitrogen and oxygen atoms in total. The highest BCUT2D eigenvalue weighted by Gasteiger charge is 2.35. The Morgan fingerprint density at radius 2 is 1.36 bits per heavy atom. The fourth-order valence-electron chi connectivity index (χ4n) is 5.93. The smallest absolute Gasteiger partial charge is 0.180 e. The normalized spacial score (nSPS) is 21.3. The summed E-state index contributed by atoms with van der Waals surface area (Å²) < 4.78 is 223. The quantitative estimate of drug-likeness (QED) is 0.195. The van der Waals surface area contributed by atoms with E-state index in [2.05, 4.69) is 9.97 Å². The van der Waals surface area contributed by atoms with Gasteiger partial charge in [0.1, 0.15) is 34.3 Å². The summed E-state index contributed by atoms with van der Waals surface area (Å²) in [6.45, 7) is -7.27. The lowest BCUT2D eigenvalue weighted by molar-refractivity contribution is 0.660. The van der Waals surface area contributed by atoms with Crippen molar-refractivity contribution in [2.45, 2.75) is 19.1 Å². The Bertz CT molecular complexity index is 3950. The highest BCUT2D eigenvalue weighted by Crippen LogP contribution is 2.49. The molecule has 0 saturated heterocycles. The third kappa shape index (κ3) is 3.76. The Kier molecular flexibility index (Phi) is 2.42. The van der Waals surface area contributed by atoms with Gasteiger partial charge < -0.3 is 8.83 Å². The van der Waals surface area contributed by atoms with Crippen molar-refractivity contribution < 1.29 is 41.7 Å². The monoisotopic (exact) mass is 628 g/mol. The van der Waals surface area contributed by atoms with Crippen LogP contribution >= 0.6 is 0 Å². The maximum atomic E-state index is 9.54. The van der Waals surface area contributed by atoms with Crippen molar-refractivity contribution in [1.29, 1.82) is 0 Å². The van der Waals surface area contributed by atoms with E-state index in [1.165, 1.54) is 18.2 Å². The maximum absolute atomic E-state index is 9.54. The van der Waals surface area contributed by atoms with Gasteiger partial charge in [0.05, 0.1) is 24.7 Å². The molecule has 3 heterocycles. The first-order chi connectivity index (χ1) is 33.1. The second-order valence-electron chi connectivity index (χ2n) is 10.7. The molecule has 0 fully saturated rings. The minimum absolute atomic E-state index is 0.0231. The largest absolute Gasteiger partial charge is 0.455 e. The number of furan rings is 2. The molecule has 10 rings (SSSR count). The summed E-state index contributed by atoms with van der Waals surface area (Å²) in [6, 6.07) is -10.0. The summed E-state index contributed by atoms with van der Waals surface area (Å²) in [5, 5.41) is -0.529. The van der Waals surface area contributed by atoms with E-state index in [9.17, 15) is 5.48 Å². The average Bonchev–Trinajstić information content (AvgIpc) is 4.00. The predicted molar refractivity (Wildman–Crippen MR) is 190 cm³/mol. The average molecular weight is 629 g/mol. The van der Waals surface area contributed by atoms with Crippen LogP contribution in [0.15, 0.2) is 142 Å². The lowest BCUT2D eigenvalue weighted by atomic mass is 9.81. The number of nitrogens with zero attached hydrogens (tertiary/aromatic N) is 2. The minimum atomic E-state index is -3.63. The van der Waals surface area contributed by atoms with Crippen molar-refractivity contribution in [3.63, 3.8) is 0 Å². The summed E-state index contributed by atoms with van der Waals surface area (Å²) in [5.41, 5.74) is -9.72. The summed E-state index contributed by atoms with van der Waals surface area (Å²) in [6.07, 6.45) is 1.00. The number of hydrogen-bond acceptors (Lipinski definition) is 4. The van der Waals surface area contributed by atoms with Crippen molar-refractivity contribution in [2.24, 2.45) is 0 Å². The van der Waals surface area contributed by atoms with Gasteiger partial charge in [-0.3, -0.25) is 0 Å². The van der Waals surface area contributed by atoms with E-state index in [-0.39, 0.29) is 44.1 Å². The van der Waals surface area contributed by atoms with Gasteiger partial charge >= 0.3 is 0 Å². The number of rotatable bonds is 3. The van der Waals surface area contributed by atoms with E-state index in [1.807, 2.05) is 0 Å². The first kappa shape index (κ1) is 12.0. The van der Waals surface area contributed by atoms with Crippen molar-refractivity contribution in [3.05, 3.63) is 144 Å². The van der Waals surface area contributed by atoms with Crippen LogP contribution in [0.3, 0.4) is 0 Å². The van der Waals surface area contributed by atoms with Crippen LogP contribution in [0, 0.1) is 0 Å². The van der Waals surface area contributed by atoms with E-state index < -0.39 is 184 Å². The van der Waals surface area contributed by atoms with Gasteiger partial charge in [-0.2, -0.15) is 0 Å². The lowest BCUT2D eigenvalue weighted by Gasteiger charge is -2.22. The van der Waals surface area contributed by atoms with Crippen LogP contribution in [0.4, 0.5) is 0 Å². The van der Waals surface area contributed by atoms with Crippen LogP contribution in [0.5, 0.6) is 0 Å². The van der Waals surface area contributed by atoms with E-state index >= 15 is 0 Å². The van der Waals surface area contributed by atoms with Gasteiger partial charge in [-0.15, -0.1) is 0 Å². The Balaban J connectivity index is 1.23. The Hall–Kier alpha value is -6.00. The molecule has 0 N–H and O–H groups in total. The molecule has 0 unspecified atom stereocenters. The standard InChI is InChI=1S/C43H28N2O2/c1-43(2)35-15-5-3-11-30(35)31-19-17-26(23-36(31)43)25-18-20-38-34(22-25)40-42(47-38)39(44-24-45-40)28-10-7-9-27(21-28)29-13-8-14-33-32-12-4-6-16-37(32)46-41(29)33/h3-24H,1-2H3/i1D3,2D3,3D,4D,5D,6D,7D,8D,9D,10D,11D,12D,13D,14D,15D,16D,17D,19D,21D,23D. The van der Waals surface area contributed by atoms with Gasteiger partial charge in [0, 0.05) is 40.9 Å². The molecule has 0 atom stereocenters. The number of para-hydroxylation sites is 2. The van der Waals surface area contributed by atoms with Gasteiger partial charge in [-0.05, 0) is 69.2 Å². The van der Waals surface area contributed by atoms with Crippen LogP contribution in [-0.2, 0) is 5.41 Å². The van der Waals surface area contributed by atoms with Crippen LogP contribution in [0.25, 0.3) is 88.6 Å². The zero-order valence-corrected chi connectivity index (χ0v) is 23.5. The topological polar surface area (TPSA) is 52.1 Å². The zero-order valence-electron chi connectivity index (χ0n) is 47.5. The molecule has 0 saturated carbocycles. The molecule has 0 spiro atoms. The Morgan fingerprint density at radius 3 is 2.32 bits per heavy atom.